The number of benzene rings is 2. The molecule has 0 fully saturated rings. The van der Waals surface area contributed by atoms with Crippen molar-refractivity contribution < 1.29 is 14.3 Å². The Morgan fingerprint density at radius 3 is 2.59 bits per heavy atom. The van der Waals surface area contributed by atoms with Crippen LogP contribution in [0.3, 0.4) is 0 Å². The predicted molar refractivity (Wildman–Crippen MR) is 124 cm³/mol. The van der Waals surface area contributed by atoms with Gasteiger partial charge in [0.2, 0.25) is 5.13 Å². The number of pyridine rings is 1. The average Bonchev–Trinajstić information content (AvgIpc) is 3.28. The number of carbonyl (C=O) groups is 1. The predicted octanol–water partition coefficient (Wildman–Crippen LogP) is 5.31. The van der Waals surface area contributed by atoms with E-state index in [1.807, 2.05) is 56.3 Å². The van der Waals surface area contributed by atoms with Gasteiger partial charge < -0.3 is 9.47 Å². The third-order valence-electron chi connectivity index (χ3n) is 4.79. The van der Waals surface area contributed by atoms with Crippen LogP contribution in [0.2, 0.25) is 0 Å². The number of carbonyl (C=O) groups excluding carboxylic acids is 1. The summed E-state index contributed by atoms with van der Waals surface area (Å²) in [5.74, 6) is 0.733. The highest BCUT2D eigenvalue weighted by Gasteiger charge is 2.16. The first-order valence-corrected chi connectivity index (χ1v) is 10.8. The van der Waals surface area contributed by atoms with Gasteiger partial charge in [0.25, 0.3) is 5.91 Å². The molecule has 2 heterocycles. The van der Waals surface area contributed by atoms with Crippen LogP contribution < -0.4 is 14.8 Å². The third kappa shape index (κ3) is 4.92. The molecule has 0 aliphatic heterocycles. The highest BCUT2D eigenvalue weighted by molar-refractivity contribution is 7.18. The molecule has 2 aromatic carbocycles. The summed E-state index contributed by atoms with van der Waals surface area (Å²) in [4.78, 5) is 16.9. The highest BCUT2D eigenvalue weighted by Crippen LogP contribution is 2.33. The summed E-state index contributed by atoms with van der Waals surface area (Å²) in [5, 5.41) is 12.2. The lowest BCUT2D eigenvalue weighted by molar-refractivity contribution is 0.102. The normalized spacial score (nSPS) is 11.6. The Labute approximate surface area is 190 Å². The Kier molecular flexibility index (Phi) is 6.42. The number of aryl methyl sites for hydroxylation is 1. The van der Waals surface area contributed by atoms with Crippen LogP contribution in [0, 0.1) is 6.92 Å². The van der Waals surface area contributed by atoms with Gasteiger partial charge in [0.1, 0.15) is 11.1 Å². The zero-order valence-electron chi connectivity index (χ0n) is 17.9. The first-order valence-electron chi connectivity index (χ1n) is 10.0. The topological polar surface area (TPSA) is 86.2 Å². The van der Waals surface area contributed by atoms with E-state index in [1.54, 1.807) is 31.5 Å². The van der Waals surface area contributed by atoms with Gasteiger partial charge in [-0.2, -0.15) is 0 Å². The molecule has 0 saturated carbocycles. The second kappa shape index (κ2) is 9.57. The van der Waals surface area contributed by atoms with E-state index in [1.165, 1.54) is 11.3 Å². The SMILES string of the molecule is COc1cc(C(=O)Nc2nnc(-c3ccnc(C)c3)s2)ccc1OC(C)c1ccccc1. The quantitative estimate of drug-likeness (QED) is 0.414. The summed E-state index contributed by atoms with van der Waals surface area (Å²) in [5.41, 5.74) is 3.27. The summed E-state index contributed by atoms with van der Waals surface area (Å²) in [6.07, 6.45) is 1.56. The Balaban J connectivity index is 1.47. The van der Waals surface area contributed by atoms with Gasteiger partial charge in [-0.15, -0.1) is 10.2 Å². The molecule has 1 atom stereocenters. The van der Waals surface area contributed by atoms with Crippen LogP contribution in [0.4, 0.5) is 5.13 Å². The lowest BCUT2D eigenvalue weighted by atomic mass is 10.1. The number of nitrogens with one attached hydrogen (secondary N) is 1. The van der Waals surface area contributed by atoms with E-state index < -0.39 is 0 Å². The van der Waals surface area contributed by atoms with Crippen LogP contribution in [0.5, 0.6) is 11.5 Å². The highest BCUT2D eigenvalue weighted by atomic mass is 32.1. The van der Waals surface area contributed by atoms with Gasteiger partial charge in [0, 0.05) is 23.0 Å². The zero-order valence-corrected chi connectivity index (χ0v) is 18.7. The summed E-state index contributed by atoms with van der Waals surface area (Å²) in [7, 11) is 1.55. The fourth-order valence-electron chi connectivity index (χ4n) is 3.13. The molecule has 0 radical (unpaired) electrons. The lowest BCUT2D eigenvalue weighted by Gasteiger charge is -2.17. The maximum atomic E-state index is 12.8. The van der Waals surface area contributed by atoms with Crippen LogP contribution in [0.15, 0.2) is 66.9 Å². The number of nitrogens with zero attached hydrogens (tertiary/aromatic N) is 3. The average molecular weight is 447 g/mol. The monoisotopic (exact) mass is 446 g/mol. The molecule has 4 rings (SSSR count). The van der Waals surface area contributed by atoms with Crippen molar-refractivity contribution in [3.8, 4) is 22.1 Å². The number of anilines is 1. The number of aromatic nitrogens is 3. The minimum Gasteiger partial charge on any atom is -0.493 e. The van der Waals surface area contributed by atoms with E-state index in [9.17, 15) is 4.79 Å². The molecule has 0 bridgehead atoms. The summed E-state index contributed by atoms with van der Waals surface area (Å²) in [6, 6.07) is 18.8. The van der Waals surface area contributed by atoms with Crippen LogP contribution in [-0.2, 0) is 0 Å². The standard InChI is InChI=1S/C24H22N4O3S/c1-15-13-19(11-12-25-15)23-27-28-24(32-23)26-22(29)18-9-10-20(21(14-18)30-3)31-16(2)17-7-5-4-6-8-17/h4-14,16H,1-3H3,(H,26,28,29). The first kappa shape index (κ1) is 21.5. The molecular weight excluding hydrogens is 424 g/mol. The maximum Gasteiger partial charge on any atom is 0.257 e. The molecule has 162 valence electrons. The summed E-state index contributed by atoms with van der Waals surface area (Å²) in [6.45, 7) is 3.88. The van der Waals surface area contributed by atoms with Crippen molar-refractivity contribution in [1.29, 1.82) is 0 Å². The molecule has 1 N–H and O–H groups in total. The Hall–Kier alpha value is -3.78. The fraction of sp³-hybridized carbons (Fsp3) is 0.167. The number of hydrogen-bond acceptors (Lipinski definition) is 7. The van der Waals surface area contributed by atoms with E-state index in [4.69, 9.17) is 9.47 Å². The van der Waals surface area contributed by atoms with E-state index >= 15 is 0 Å². The van der Waals surface area contributed by atoms with Crippen LogP contribution >= 0.6 is 11.3 Å². The number of amides is 1. The van der Waals surface area contributed by atoms with Gasteiger partial charge in [-0.25, -0.2) is 0 Å². The van der Waals surface area contributed by atoms with Crippen molar-refractivity contribution in [3.05, 3.63) is 83.7 Å². The molecule has 1 unspecified atom stereocenters. The Morgan fingerprint density at radius 1 is 1.03 bits per heavy atom. The minimum atomic E-state index is -0.306. The van der Waals surface area contributed by atoms with Gasteiger partial charge in [-0.3, -0.25) is 15.1 Å². The Morgan fingerprint density at radius 2 is 1.84 bits per heavy atom. The van der Waals surface area contributed by atoms with Gasteiger partial charge in [-0.1, -0.05) is 41.7 Å². The maximum absolute atomic E-state index is 12.8. The van der Waals surface area contributed by atoms with E-state index in [0.29, 0.717) is 27.2 Å². The van der Waals surface area contributed by atoms with Crippen LogP contribution in [-0.4, -0.2) is 28.2 Å². The second-order valence-corrected chi connectivity index (χ2v) is 8.07. The van der Waals surface area contributed by atoms with Gasteiger partial charge in [-0.05, 0) is 49.7 Å². The molecule has 1 amide bonds. The van der Waals surface area contributed by atoms with Gasteiger partial charge in [0.05, 0.1) is 7.11 Å². The molecule has 2 aromatic heterocycles. The van der Waals surface area contributed by atoms with Crippen LogP contribution in [0.1, 0.15) is 34.6 Å². The van der Waals surface area contributed by atoms with E-state index in [-0.39, 0.29) is 12.0 Å². The number of methoxy groups -OCH3 is 1. The summed E-state index contributed by atoms with van der Waals surface area (Å²) < 4.78 is 11.5. The van der Waals surface area contributed by atoms with Gasteiger partial charge in [0.15, 0.2) is 11.5 Å². The smallest absolute Gasteiger partial charge is 0.257 e. The zero-order chi connectivity index (χ0) is 22.5. The third-order valence-corrected chi connectivity index (χ3v) is 5.68. The van der Waals surface area contributed by atoms with Crippen molar-refractivity contribution in [1.82, 2.24) is 15.2 Å². The first-order chi connectivity index (χ1) is 15.5. The fourth-order valence-corrected chi connectivity index (χ4v) is 3.86. The number of hydrogen-bond donors (Lipinski definition) is 1. The van der Waals surface area contributed by atoms with Crippen molar-refractivity contribution >= 4 is 22.4 Å². The molecular formula is C24H22N4O3S. The Bertz CT molecular complexity index is 1230. The molecule has 7 nitrogen and oxygen atoms in total. The van der Waals surface area contributed by atoms with E-state index in [2.05, 4.69) is 20.5 Å². The molecule has 0 saturated heterocycles. The molecule has 0 aliphatic carbocycles. The largest absolute Gasteiger partial charge is 0.493 e. The molecule has 0 aliphatic rings. The van der Waals surface area contributed by atoms with Crippen LogP contribution in [0.25, 0.3) is 10.6 Å². The van der Waals surface area contributed by atoms with Crippen molar-refractivity contribution in [3.63, 3.8) is 0 Å². The number of ether oxygens (including phenoxy) is 2. The minimum absolute atomic E-state index is 0.165. The molecule has 8 heteroatoms. The van der Waals surface area contributed by atoms with Gasteiger partial charge >= 0.3 is 0 Å². The van der Waals surface area contributed by atoms with Crippen molar-refractivity contribution in [2.24, 2.45) is 0 Å². The van der Waals surface area contributed by atoms with Crippen molar-refractivity contribution in [2.75, 3.05) is 12.4 Å². The van der Waals surface area contributed by atoms with E-state index in [0.717, 1.165) is 16.8 Å². The molecule has 0 spiro atoms. The summed E-state index contributed by atoms with van der Waals surface area (Å²) >= 11 is 1.30. The molecule has 32 heavy (non-hydrogen) atoms. The number of rotatable bonds is 7. The molecule has 4 aromatic rings. The van der Waals surface area contributed by atoms with Crippen molar-refractivity contribution in [2.45, 2.75) is 20.0 Å². The second-order valence-electron chi connectivity index (χ2n) is 7.09. The lowest BCUT2D eigenvalue weighted by Crippen LogP contribution is -2.12.